The molecule has 3 rings (SSSR count). The molecule has 0 aromatic carbocycles. The number of hydrogen-bond acceptors (Lipinski definition) is 7. The summed E-state index contributed by atoms with van der Waals surface area (Å²) in [6.07, 6.45) is 0.846. The molecule has 2 fully saturated rings. The van der Waals surface area contributed by atoms with E-state index in [0.717, 1.165) is 38.4 Å². The van der Waals surface area contributed by atoms with Gasteiger partial charge in [0.2, 0.25) is 5.89 Å². The lowest BCUT2D eigenvalue weighted by Crippen LogP contribution is -2.51. The lowest BCUT2D eigenvalue weighted by molar-refractivity contribution is -0.145. The van der Waals surface area contributed by atoms with Crippen LogP contribution < -0.4 is 0 Å². The van der Waals surface area contributed by atoms with Gasteiger partial charge in [-0.1, -0.05) is 25.9 Å². The van der Waals surface area contributed by atoms with Crippen molar-refractivity contribution in [3.63, 3.8) is 0 Å². The highest BCUT2D eigenvalue weighted by atomic mass is 16.6. The number of rotatable bonds is 3. The molecule has 7 heteroatoms. The Kier molecular flexibility index (Phi) is 4.42. The fourth-order valence-corrected chi connectivity index (χ4v) is 3.09. The van der Waals surface area contributed by atoms with Gasteiger partial charge in [-0.25, -0.2) is 0 Å². The number of hydrogen-bond donors (Lipinski definition) is 0. The molecule has 0 unspecified atom stereocenters. The Morgan fingerprint density at radius 2 is 1.91 bits per heavy atom. The van der Waals surface area contributed by atoms with E-state index in [1.54, 1.807) is 0 Å². The predicted octanol–water partition coefficient (Wildman–Crippen LogP) is 1.19. The maximum Gasteiger partial charge on any atom is 0.323 e. The zero-order chi connectivity index (χ0) is 16.6. The van der Waals surface area contributed by atoms with Crippen LogP contribution in [0.1, 0.15) is 45.8 Å². The predicted molar refractivity (Wildman–Crippen MR) is 83.8 cm³/mol. The number of cyclic esters (lactones) is 1. The summed E-state index contributed by atoms with van der Waals surface area (Å²) in [6, 6.07) is -0.0650. The van der Waals surface area contributed by atoms with Crippen LogP contribution in [0, 0.1) is 0 Å². The quantitative estimate of drug-likeness (QED) is 0.774. The molecule has 2 aliphatic heterocycles. The van der Waals surface area contributed by atoms with Crippen LogP contribution >= 0.6 is 0 Å². The van der Waals surface area contributed by atoms with Gasteiger partial charge in [-0.2, -0.15) is 4.98 Å². The van der Waals surface area contributed by atoms with Gasteiger partial charge in [-0.15, -0.1) is 0 Å². The number of aromatic nitrogens is 2. The largest absolute Gasteiger partial charge is 0.461 e. The minimum Gasteiger partial charge on any atom is -0.461 e. The first-order valence-corrected chi connectivity index (χ1v) is 8.33. The summed E-state index contributed by atoms with van der Waals surface area (Å²) in [5.41, 5.74) is -0.122. The molecule has 0 aliphatic carbocycles. The molecule has 1 aromatic rings. The Morgan fingerprint density at radius 3 is 2.43 bits per heavy atom. The van der Waals surface area contributed by atoms with Gasteiger partial charge in [0.05, 0.1) is 6.54 Å². The highest BCUT2D eigenvalue weighted by Crippen LogP contribution is 2.22. The topological polar surface area (TPSA) is 71.7 Å². The summed E-state index contributed by atoms with van der Waals surface area (Å²) in [7, 11) is 0. The molecule has 7 nitrogen and oxygen atoms in total. The van der Waals surface area contributed by atoms with Gasteiger partial charge in [-0.3, -0.25) is 14.6 Å². The van der Waals surface area contributed by atoms with Gasteiger partial charge in [0.25, 0.3) is 0 Å². The van der Waals surface area contributed by atoms with E-state index in [2.05, 4.69) is 40.7 Å². The van der Waals surface area contributed by atoms with Gasteiger partial charge < -0.3 is 9.26 Å². The normalized spacial score (nSPS) is 27.4. The first-order chi connectivity index (χ1) is 10.8. The number of esters is 1. The number of carbonyl (C=O) groups excluding carboxylic acids is 1. The van der Waals surface area contributed by atoms with E-state index < -0.39 is 0 Å². The number of nitrogens with zero attached hydrogens (tertiary/aromatic N) is 4. The van der Waals surface area contributed by atoms with Crippen molar-refractivity contribution in [1.29, 1.82) is 0 Å². The third-order valence-electron chi connectivity index (χ3n) is 4.47. The van der Waals surface area contributed by atoms with E-state index in [0.29, 0.717) is 12.4 Å². The van der Waals surface area contributed by atoms with Crippen LogP contribution in [0.4, 0.5) is 0 Å². The second kappa shape index (κ2) is 6.20. The highest BCUT2D eigenvalue weighted by molar-refractivity contribution is 5.78. The van der Waals surface area contributed by atoms with Gasteiger partial charge in [0, 0.05) is 38.0 Å². The standard InChI is InChI=1S/C16H26N4O3/c1-11-9-12(14(21)22-11)20-7-5-19(6-8-20)10-13-17-15(23-18-13)16(2,3)4/h11-12H,5-10H2,1-4H3/t11-,12+/m1/s1. The Bertz CT molecular complexity index is 558. The molecule has 0 N–H and O–H groups in total. The summed E-state index contributed by atoms with van der Waals surface area (Å²) in [5.74, 6) is 1.34. The number of ether oxygens (including phenoxy) is 1. The minimum absolute atomic E-state index is 0.0423. The monoisotopic (exact) mass is 322 g/mol. The van der Waals surface area contributed by atoms with E-state index in [-0.39, 0.29) is 23.5 Å². The van der Waals surface area contributed by atoms with Gasteiger partial charge in [-0.05, 0) is 6.92 Å². The third kappa shape index (κ3) is 3.72. The molecule has 0 amide bonds. The third-order valence-corrected chi connectivity index (χ3v) is 4.47. The SMILES string of the molecule is C[C@@H]1C[C@H](N2CCN(Cc3noc(C(C)(C)C)n3)CC2)C(=O)O1. The zero-order valence-electron chi connectivity index (χ0n) is 14.4. The van der Waals surface area contributed by atoms with Crippen molar-refractivity contribution in [3.05, 3.63) is 11.7 Å². The van der Waals surface area contributed by atoms with E-state index in [4.69, 9.17) is 9.26 Å². The molecule has 0 saturated carbocycles. The Labute approximate surface area is 137 Å². The fourth-order valence-electron chi connectivity index (χ4n) is 3.09. The maximum atomic E-state index is 11.8. The molecule has 0 radical (unpaired) electrons. The van der Waals surface area contributed by atoms with Crippen LogP contribution in [0.25, 0.3) is 0 Å². The highest BCUT2D eigenvalue weighted by Gasteiger charge is 2.37. The molecule has 0 bridgehead atoms. The molecule has 1 aromatic heterocycles. The lowest BCUT2D eigenvalue weighted by atomic mass is 9.97. The van der Waals surface area contributed by atoms with Gasteiger partial charge in [0.15, 0.2) is 5.82 Å². The molecule has 3 heterocycles. The van der Waals surface area contributed by atoms with Crippen molar-refractivity contribution in [2.45, 2.75) is 58.2 Å². The van der Waals surface area contributed by atoms with E-state index in [1.165, 1.54) is 0 Å². The zero-order valence-corrected chi connectivity index (χ0v) is 14.4. The molecule has 2 saturated heterocycles. The fraction of sp³-hybridized carbons (Fsp3) is 0.812. The van der Waals surface area contributed by atoms with Crippen LogP contribution in [0.15, 0.2) is 4.52 Å². The van der Waals surface area contributed by atoms with Crippen molar-refractivity contribution in [1.82, 2.24) is 19.9 Å². The first-order valence-electron chi connectivity index (χ1n) is 8.33. The molecule has 128 valence electrons. The maximum absolute atomic E-state index is 11.8. The minimum atomic E-state index is -0.122. The van der Waals surface area contributed by atoms with Crippen molar-refractivity contribution >= 4 is 5.97 Å². The van der Waals surface area contributed by atoms with Crippen LogP contribution in [0.3, 0.4) is 0 Å². The lowest BCUT2D eigenvalue weighted by Gasteiger charge is -2.36. The van der Waals surface area contributed by atoms with E-state index in [1.807, 2.05) is 6.92 Å². The Morgan fingerprint density at radius 1 is 1.22 bits per heavy atom. The molecular weight excluding hydrogens is 296 g/mol. The second-order valence-corrected chi connectivity index (χ2v) is 7.58. The smallest absolute Gasteiger partial charge is 0.323 e. The number of piperazine rings is 1. The molecule has 2 atom stereocenters. The summed E-state index contributed by atoms with van der Waals surface area (Å²) in [6.45, 7) is 12.4. The van der Waals surface area contributed by atoms with Crippen LogP contribution in [0.2, 0.25) is 0 Å². The van der Waals surface area contributed by atoms with Gasteiger partial charge >= 0.3 is 5.97 Å². The molecule has 23 heavy (non-hydrogen) atoms. The second-order valence-electron chi connectivity index (χ2n) is 7.58. The van der Waals surface area contributed by atoms with Crippen molar-refractivity contribution in [2.75, 3.05) is 26.2 Å². The summed E-state index contributed by atoms with van der Waals surface area (Å²) >= 11 is 0. The molecular formula is C16H26N4O3. The van der Waals surface area contributed by atoms with Crippen molar-refractivity contribution in [2.24, 2.45) is 0 Å². The number of carbonyl (C=O) groups is 1. The summed E-state index contributed by atoms with van der Waals surface area (Å²) in [4.78, 5) is 20.9. The molecule has 2 aliphatic rings. The molecule has 0 spiro atoms. The summed E-state index contributed by atoms with van der Waals surface area (Å²) < 4.78 is 10.6. The van der Waals surface area contributed by atoms with Crippen LogP contribution in [-0.2, 0) is 21.5 Å². The first kappa shape index (κ1) is 16.4. The van der Waals surface area contributed by atoms with E-state index in [9.17, 15) is 4.79 Å². The summed E-state index contributed by atoms with van der Waals surface area (Å²) in [5, 5.41) is 4.08. The average Bonchev–Trinajstić information content (AvgIpc) is 3.06. The van der Waals surface area contributed by atoms with Crippen LogP contribution in [-0.4, -0.2) is 64.2 Å². The Balaban J connectivity index is 1.51. The van der Waals surface area contributed by atoms with E-state index >= 15 is 0 Å². The van der Waals surface area contributed by atoms with Crippen molar-refractivity contribution in [3.8, 4) is 0 Å². The van der Waals surface area contributed by atoms with Crippen molar-refractivity contribution < 1.29 is 14.1 Å². The van der Waals surface area contributed by atoms with Gasteiger partial charge in [0.1, 0.15) is 12.1 Å². The Hall–Kier alpha value is -1.47. The van der Waals surface area contributed by atoms with Crippen LogP contribution in [0.5, 0.6) is 0 Å². The average molecular weight is 322 g/mol.